The lowest BCUT2D eigenvalue weighted by Gasteiger charge is -2.28. The van der Waals surface area contributed by atoms with Crippen molar-refractivity contribution in [2.24, 2.45) is 11.8 Å². The zero-order chi connectivity index (χ0) is 15.6. The molecule has 0 aromatic rings. The van der Waals surface area contributed by atoms with E-state index in [1.807, 2.05) is 6.92 Å². The van der Waals surface area contributed by atoms with Gasteiger partial charge in [-0.15, -0.1) is 0 Å². The molecule has 1 amide bonds. The van der Waals surface area contributed by atoms with Crippen molar-refractivity contribution in [3.05, 3.63) is 0 Å². The van der Waals surface area contributed by atoms with Gasteiger partial charge in [-0.2, -0.15) is 26.3 Å². The van der Waals surface area contributed by atoms with E-state index in [9.17, 15) is 31.1 Å². The van der Waals surface area contributed by atoms with E-state index in [4.69, 9.17) is 0 Å². The van der Waals surface area contributed by atoms with Crippen molar-refractivity contribution < 1.29 is 31.1 Å². The molecule has 0 spiro atoms. The van der Waals surface area contributed by atoms with Crippen LogP contribution in [0.25, 0.3) is 0 Å². The van der Waals surface area contributed by atoms with Crippen LogP contribution in [0.2, 0.25) is 0 Å². The highest BCUT2D eigenvalue weighted by Crippen LogP contribution is 2.39. The standard InChI is InChI=1S/C11H16F6N2O/c1-6-2-3-7(4-18-6)5-19-9(20)8(10(12,13)14)11(15,16)17/h6-8,18H,2-5H2,1H3,(H,19,20). The van der Waals surface area contributed by atoms with E-state index >= 15 is 0 Å². The quantitative estimate of drug-likeness (QED) is 0.785. The SMILES string of the molecule is CC1CCC(CNC(=O)C(C(F)(F)F)C(F)(F)F)CN1. The van der Waals surface area contributed by atoms with Crippen LogP contribution in [0.5, 0.6) is 0 Å². The van der Waals surface area contributed by atoms with E-state index < -0.39 is 24.2 Å². The van der Waals surface area contributed by atoms with Gasteiger partial charge in [-0.05, 0) is 32.2 Å². The van der Waals surface area contributed by atoms with E-state index in [2.05, 4.69) is 5.32 Å². The molecule has 1 fully saturated rings. The second-order valence-electron chi connectivity index (χ2n) is 5.01. The fourth-order valence-corrected chi connectivity index (χ4v) is 2.06. The van der Waals surface area contributed by atoms with Crippen LogP contribution in [-0.4, -0.2) is 37.4 Å². The molecule has 2 N–H and O–H groups in total. The van der Waals surface area contributed by atoms with Gasteiger partial charge in [-0.1, -0.05) is 0 Å². The maximum absolute atomic E-state index is 12.3. The number of hydrogen-bond donors (Lipinski definition) is 2. The molecule has 20 heavy (non-hydrogen) atoms. The normalized spacial score (nSPS) is 24.8. The molecular weight excluding hydrogens is 290 g/mol. The first kappa shape index (κ1) is 17.1. The molecule has 118 valence electrons. The number of nitrogens with one attached hydrogen (secondary N) is 2. The highest BCUT2D eigenvalue weighted by Gasteiger charge is 2.61. The third kappa shape index (κ3) is 4.84. The molecule has 0 aliphatic carbocycles. The molecule has 1 aliphatic heterocycles. The number of alkyl halides is 6. The van der Waals surface area contributed by atoms with Crippen LogP contribution in [0.3, 0.4) is 0 Å². The van der Waals surface area contributed by atoms with Gasteiger partial charge in [-0.25, -0.2) is 0 Å². The number of rotatable bonds is 3. The number of halogens is 6. The molecule has 0 saturated carbocycles. The lowest BCUT2D eigenvalue weighted by atomic mass is 9.95. The summed E-state index contributed by atoms with van der Waals surface area (Å²) in [5, 5.41) is 4.81. The van der Waals surface area contributed by atoms with Crippen LogP contribution in [0.1, 0.15) is 19.8 Å². The second kappa shape index (κ2) is 6.19. The molecule has 2 atom stereocenters. The summed E-state index contributed by atoms with van der Waals surface area (Å²) in [6.07, 6.45) is -9.86. The summed E-state index contributed by atoms with van der Waals surface area (Å²) in [6.45, 7) is 2.20. The number of hydrogen-bond acceptors (Lipinski definition) is 2. The van der Waals surface area contributed by atoms with Gasteiger partial charge in [0, 0.05) is 12.6 Å². The van der Waals surface area contributed by atoms with Gasteiger partial charge in [0.05, 0.1) is 0 Å². The molecular formula is C11H16F6N2O. The molecule has 1 saturated heterocycles. The second-order valence-corrected chi connectivity index (χ2v) is 5.01. The molecule has 3 nitrogen and oxygen atoms in total. The monoisotopic (exact) mass is 306 g/mol. The maximum atomic E-state index is 12.3. The maximum Gasteiger partial charge on any atom is 0.409 e. The van der Waals surface area contributed by atoms with E-state index in [0.717, 1.165) is 6.42 Å². The molecule has 0 aromatic carbocycles. The van der Waals surface area contributed by atoms with Crippen LogP contribution >= 0.6 is 0 Å². The van der Waals surface area contributed by atoms with E-state index in [-0.39, 0.29) is 18.5 Å². The Labute approximate surface area is 112 Å². The predicted molar refractivity (Wildman–Crippen MR) is 58.8 cm³/mol. The van der Waals surface area contributed by atoms with Gasteiger partial charge in [0.25, 0.3) is 0 Å². The van der Waals surface area contributed by atoms with Gasteiger partial charge in [0.1, 0.15) is 0 Å². The molecule has 9 heteroatoms. The average molecular weight is 306 g/mol. The Hall–Kier alpha value is -0.990. The Bertz CT molecular complexity index is 319. The summed E-state index contributed by atoms with van der Waals surface area (Å²) in [7, 11) is 0. The van der Waals surface area contributed by atoms with Crippen molar-refractivity contribution in [2.75, 3.05) is 13.1 Å². The summed E-state index contributed by atoms with van der Waals surface area (Å²) in [4.78, 5) is 11.2. The number of amides is 1. The van der Waals surface area contributed by atoms with Crippen LogP contribution in [0.4, 0.5) is 26.3 Å². The first-order chi connectivity index (χ1) is 9.01. The number of piperidine rings is 1. The highest BCUT2D eigenvalue weighted by molar-refractivity contribution is 5.80. The van der Waals surface area contributed by atoms with Gasteiger partial charge < -0.3 is 10.6 Å². The Morgan fingerprint density at radius 3 is 2.15 bits per heavy atom. The minimum Gasteiger partial charge on any atom is -0.355 e. The summed E-state index contributed by atoms with van der Waals surface area (Å²) >= 11 is 0. The molecule has 1 rings (SSSR count). The molecule has 2 unspecified atom stereocenters. The fraction of sp³-hybridized carbons (Fsp3) is 0.909. The lowest BCUT2D eigenvalue weighted by molar-refractivity contribution is -0.274. The third-order valence-electron chi connectivity index (χ3n) is 3.24. The zero-order valence-corrected chi connectivity index (χ0v) is 10.7. The third-order valence-corrected chi connectivity index (χ3v) is 3.24. The molecule has 0 bridgehead atoms. The summed E-state index contributed by atoms with van der Waals surface area (Å²) in [5.41, 5.74) is 0. The molecule has 1 heterocycles. The van der Waals surface area contributed by atoms with E-state index in [1.165, 1.54) is 0 Å². The summed E-state index contributed by atoms with van der Waals surface area (Å²) < 4.78 is 73.7. The van der Waals surface area contributed by atoms with E-state index in [0.29, 0.717) is 13.0 Å². The number of carbonyl (C=O) groups is 1. The van der Waals surface area contributed by atoms with Gasteiger partial charge in [-0.3, -0.25) is 4.79 Å². The van der Waals surface area contributed by atoms with Crippen LogP contribution < -0.4 is 10.6 Å². The predicted octanol–water partition coefficient (Wildman–Crippen LogP) is 2.23. The Morgan fingerprint density at radius 2 is 1.75 bits per heavy atom. The van der Waals surface area contributed by atoms with Crippen molar-refractivity contribution in [2.45, 2.75) is 38.2 Å². The smallest absolute Gasteiger partial charge is 0.355 e. The first-order valence-electron chi connectivity index (χ1n) is 6.16. The zero-order valence-electron chi connectivity index (χ0n) is 10.7. The largest absolute Gasteiger partial charge is 0.409 e. The van der Waals surface area contributed by atoms with E-state index in [1.54, 1.807) is 5.32 Å². The van der Waals surface area contributed by atoms with Crippen molar-refractivity contribution >= 4 is 5.91 Å². The van der Waals surface area contributed by atoms with Crippen LogP contribution in [-0.2, 0) is 4.79 Å². The van der Waals surface area contributed by atoms with Crippen molar-refractivity contribution in [1.82, 2.24) is 10.6 Å². The summed E-state index contributed by atoms with van der Waals surface area (Å²) in [5.74, 6) is -6.16. The first-order valence-corrected chi connectivity index (χ1v) is 6.16. The average Bonchev–Trinajstić information content (AvgIpc) is 2.24. The Morgan fingerprint density at radius 1 is 1.20 bits per heavy atom. The molecule has 0 aromatic heterocycles. The Balaban J connectivity index is 2.55. The van der Waals surface area contributed by atoms with Crippen LogP contribution in [0, 0.1) is 11.8 Å². The van der Waals surface area contributed by atoms with Crippen molar-refractivity contribution in [3.63, 3.8) is 0 Å². The Kier molecular flexibility index (Phi) is 5.28. The lowest BCUT2D eigenvalue weighted by Crippen LogP contribution is -2.50. The van der Waals surface area contributed by atoms with Crippen molar-refractivity contribution in [1.29, 1.82) is 0 Å². The minimum absolute atomic E-state index is 0.155. The molecule has 0 radical (unpaired) electrons. The van der Waals surface area contributed by atoms with Gasteiger partial charge >= 0.3 is 12.4 Å². The van der Waals surface area contributed by atoms with Crippen LogP contribution in [0.15, 0.2) is 0 Å². The fourth-order valence-electron chi connectivity index (χ4n) is 2.06. The van der Waals surface area contributed by atoms with Crippen molar-refractivity contribution in [3.8, 4) is 0 Å². The van der Waals surface area contributed by atoms with Gasteiger partial charge in [0.2, 0.25) is 11.8 Å². The molecule has 1 aliphatic rings. The summed E-state index contributed by atoms with van der Waals surface area (Å²) in [6, 6.07) is 0.264. The minimum atomic E-state index is -5.64. The topological polar surface area (TPSA) is 41.1 Å². The highest BCUT2D eigenvalue weighted by atomic mass is 19.4. The number of carbonyl (C=O) groups excluding carboxylic acids is 1. The van der Waals surface area contributed by atoms with Gasteiger partial charge in [0.15, 0.2) is 0 Å².